The minimum Gasteiger partial charge on any atom is -0.444 e. The molecular weight excluding hydrogens is 384 g/mol. The minimum absolute atomic E-state index is 0.339. The zero-order valence-electron chi connectivity index (χ0n) is 13.6. The first-order valence-corrected chi connectivity index (χ1v) is 8.36. The predicted molar refractivity (Wildman–Crippen MR) is 89.0 cm³/mol. The third kappa shape index (κ3) is 3.53. The van der Waals surface area contributed by atoms with E-state index < -0.39 is 36.6 Å². The van der Waals surface area contributed by atoms with Gasteiger partial charge < -0.3 is 9.72 Å². The van der Waals surface area contributed by atoms with Gasteiger partial charge in [0.1, 0.15) is 11.4 Å². The number of H-pyrrole nitrogens is 1. The van der Waals surface area contributed by atoms with Crippen molar-refractivity contribution in [2.45, 2.75) is 44.8 Å². The third-order valence-corrected chi connectivity index (χ3v) is 4.17. The molecule has 24 heavy (non-hydrogen) atoms. The number of hydrogen-bond donors (Lipinski definition) is 1. The molecule has 3 rings (SSSR count). The number of amides is 1. The Labute approximate surface area is 146 Å². The average molecular weight is 402 g/mol. The average Bonchev–Trinajstić information content (AvgIpc) is 2.96. The van der Waals surface area contributed by atoms with E-state index in [-0.39, 0.29) is 0 Å². The van der Waals surface area contributed by atoms with Gasteiger partial charge in [0.15, 0.2) is 0 Å². The molecule has 1 aliphatic heterocycles. The molecule has 1 aromatic carbocycles. The van der Waals surface area contributed by atoms with Gasteiger partial charge in [0.05, 0.1) is 23.6 Å². The number of alkyl halides is 2. The molecular formula is C16H18BrF2N3O2. The molecule has 8 heteroatoms. The van der Waals surface area contributed by atoms with Crippen molar-refractivity contribution in [1.29, 1.82) is 0 Å². The Morgan fingerprint density at radius 2 is 2.17 bits per heavy atom. The minimum atomic E-state index is -2.97. The summed E-state index contributed by atoms with van der Waals surface area (Å²) in [6.45, 7) is 4.43. The van der Waals surface area contributed by atoms with Gasteiger partial charge in [-0.15, -0.1) is 0 Å². The van der Waals surface area contributed by atoms with Crippen LogP contribution in [0, 0.1) is 0 Å². The van der Waals surface area contributed by atoms with Gasteiger partial charge in [0.2, 0.25) is 0 Å². The van der Waals surface area contributed by atoms with Crippen molar-refractivity contribution in [2.24, 2.45) is 0 Å². The zero-order chi connectivity index (χ0) is 17.7. The van der Waals surface area contributed by atoms with Gasteiger partial charge in [0, 0.05) is 10.9 Å². The number of ether oxygens (including phenoxy) is 1. The molecule has 0 unspecified atom stereocenters. The Morgan fingerprint density at radius 1 is 1.46 bits per heavy atom. The summed E-state index contributed by atoms with van der Waals surface area (Å²) in [6, 6.07) is 4.58. The first-order chi connectivity index (χ1) is 11.0. The Balaban J connectivity index is 1.94. The molecule has 130 valence electrons. The zero-order valence-corrected chi connectivity index (χ0v) is 15.2. The fourth-order valence-electron chi connectivity index (χ4n) is 2.73. The van der Waals surface area contributed by atoms with Crippen LogP contribution in [0.4, 0.5) is 13.6 Å². The summed E-state index contributed by atoms with van der Waals surface area (Å²) in [4.78, 5) is 20.8. The summed E-state index contributed by atoms with van der Waals surface area (Å²) >= 11 is 3.35. The molecule has 1 amide bonds. The lowest BCUT2D eigenvalue weighted by molar-refractivity contribution is -0.00248. The number of nitrogens with zero attached hydrogens (tertiary/aromatic N) is 2. The largest absolute Gasteiger partial charge is 0.444 e. The van der Waals surface area contributed by atoms with Gasteiger partial charge in [-0.2, -0.15) is 0 Å². The lowest BCUT2D eigenvalue weighted by Crippen LogP contribution is -2.38. The summed E-state index contributed by atoms with van der Waals surface area (Å²) in [5.74, 6) is -2.63. The first kappa shape index (κ1) is 17.1. The number of aromatic amines is 1. The lowest BCUT2D eigenvalue weighted by atomic mass is 10.2. The highest BCUT2D eigenvalue weighted by molar-refractivity contribution is 9.10. The number of carbonyl (C=O) groups is 1. The smallest absolute Gasteiger partial charge is 0.411 e. The van der Waals surface area contributed by atoms with E-state index in [0.717, 1.165) is 14.9 Å². The van der Waals surface area contributed by atoms with Gasteiger partial charge in [-0.25, -0.2) is 18.6 Å². The maximum Gasteiger partial charge on any atom is 0.411 e. The molecule has 2 heterocycles. The molecule has 1 N–H and O–H groups in total. The molecule has 1 atom stereocenters. The number of rotatable bonds is 1. The number of nitrogens with one attached hydrogen (secondary N) is 1. The van der Waals surface area contributed by atoms with E-state index in [1.165, 1.54) is 0 Å². The molecule has 1 aromatic heterocycles. The van der Waals surface area contributed by atoms with Gasteiger partial charge in [-0.05, 0) is 39.0 Å². The van der Waals surface area contributed by atoms with Crippen molar-refractivity contribution in [3.05, 3.63) is 28.5 Å². The van der Waals surface area contributed by atoms with E-state index in [1.54, 1.807) is 32.9 Å². The van der Waals surface area contributed by atoms with E-state index in [0.29, 0.717) is 11.3 Å². The van der Waals surface area contributed by atoms with Crippen LogP contribution in [0.15, 0.2) is 22.7 Å². The van der Waals surface area contributed by atoms with Crippen molar-refractivity contribution in [2.75, 3.05) is 6.54 Å². The monoisotopic (exact) mass is 401 g/mol. The fourth-order valence-corrected chi connectivity index (χ4v) is 3.08. The maximum atomic E-state index is 13.9. The van der Waals surface area contributed by atoms with Crippen LogP contribution in [-0.2, 0) is 4.74 Å². The second kappa shape index (κ2) is 5.68. The van der Waals surface area contributed by atoms with Crippen LogP contribution >= 0.6 is 15.9 Å². The summed E-state index contributed by atoms with van der Waals surface area (Å²) < 4.78 is 34.0. The molecule has 2 aromatic rings. The highest BCUT2D eigenvalue weighted by atomic mass is 79.9. The molecule has 0 radical (unpaired) electrons. The van der Waals surface area contributed by atoms with Crippen LogP contribution in [-0.4, -0.2) is 39.0 Å². The first-order valence-electron chi connectivity index (χ1n) is 7.57. The van der Waals surface area contributed by atoms with Crippen molar-refractivity contribution in [3.8, 4) is 0 Å². The van der Waals surface area contributed by atoms with Crippen molar-refractivity contribution in [1.82, 2.24) is 14.9 Å². The van der Waals surface area contributed by atoms with E-state index in [1.807, 2.05) is 6.07 Å². The number of aromatic nitrogens is 2. The topological polar surface area (TPSA) is 58.2 Å². The highest BCUT2D eigenvalue weighted by Crippen LogP contribution is 2.41. The quantitative estimate of drug-likeness (QED) is 0.756. The summed E-state index contributed by atoms with van der Waals surface area (Å²) in [5.41, 5.74) is 0.629. The molecule has 1 fully saturated rings. The van der Waals surface area contributed by atoms with Gasteiger partial charge in [0.25, 0.3) is 5.92 Å². The number of hydrogen-bond acceptors (Lipinski definition) is 3. The maximum absolute atomic E-state index is 13.9. The van der Waals surface area contributed by atoms with Gasteiger partial charge >= 0.3 is 6.09 Å². The molecule has 5 nitrogen and oxygen atoms in total. The highest BCUT2D eigenvalue weighted by Gasteiger charge is 2.50. The number of imidazole rings is 1. The molecule has 0 spiro atoms. The number of benzene rings is 1. The van der Waals surface area contributed by atoms with E-state index in [4.69, 9.17) is 4.74 Å². The van der Waals surface area contributed by atoms with Crippen molar-refractivity contribution >= 4 is 33.1 Å². The summed E-state index contributed by atoms with van der Waals surface area (Å²) in [7, 11) is 0. The number of halogens is 3. The molecule has 1 aliphatic rings. The van der Waals surface area contributed by atoms with Crippen molar-refractivity contribution in [3.63, 3.8) is 0 Å². The lowest BCUT2D eigenvalue weighted by Gasteiger charge is -2.27. The van der Waals surface area contributed by atoms with Crippen molar-refractivity contribution < 1.29 is 18.3 Å². The van der Waals surface area contributed by atoms with Crippen LogP contribution in [0.25, 0.3) is 11.0 Å². The third-order valence-electron chi connectivity index (χ3n) is 3.68. The van der Waals surface area contributed by atoms with E-state index in [9.17, 15) is 13.6 Å². The Kier molecular flexibility index (Phi) is 4.06. The summed E-state index contributed by atoms with van der Waals surface area (Å²) in [6.07, 6.45) is -1.24. The SMILES string of the molecule is CC(C)(C)OC(=O)N1CC(F)(F)C[C@H]1c1nc2cc(Br)ccc2[nH]1. The Morgan fingerprint density at radius 3 is 2.83 bits per heavy atom. The normalized spacial score (nSPS) is 20.6. The second-order valence-electron chi connectivity index (χ2n) is 6.97. The molecule has 0 bridgehead atoms. The Bertz CT molecular complexity index is 785. The molecule has 0 aliphatic carbocycles. The van der Waals surface area contributed by atoms with Crippen LogP contribution < -0.4 is 0 Å². The number of fused-ring (bicyclic) bond motifs is 1. The van der Waals surface area contributed by atoms with E-state index >= 15 is 0 Å². The van der Waals surface area contributed by atoms with Crippen LogP contribution in [0.1, 0.15) is 39.1 Å². The van der Waals surface area contributed by atoms with E-state index in [2.05, 4.69) is 25.9 Å². The molecule has 0 saturated carbocycles. The van der Waals surface area contributed by atoms with Crippen LogP contribution in [0.2, 0.25) is 0 Å². The second-order valence-corrected chi connectivity index (χ2v) is 7.88. The fraction of sp³-hybridized carbons (Fsp3) is 0.500. The molecule has 1 saturated heterocycles. The number of likely N-dealkylation sites (tertiary alicyclic amines) is 1. The summed E-state index contributed by atoms with van der Waals surface area (Å²) in [5, 5.41) is 0. The number of carbonyl (C=O) groups excluding carboxylic acids is 1. The Hall–Kier alpha value is -1.70. The van der Waals surface area contributed by atoms with Gasteiger partial charge in [-0.3, -0.25) is 4.90 Å². The van der Waals surface area contributed by atoms with Gasteiger partial charge in [-0.1, -0.05) is 15.9 Å². The van der Waals surface area contributed by atoms with Crippen LogP contribution in [0.5, 0.6) is 0 Å². The predicted octanol–water partition coefficient (Wildman–Crippen LogP) is 4.64. The standard InChI is InChI=1S/C16H18BrF2N3O2/c1-15(2,3)24-14(23)22-8-16(18,19)7-12(22)13-20-10-5-4-9(17)6-11(10)21-13/h4-6,12H,7-8H2,1-3H3,(H,20,21)/t12-/m0/s1. The van der Waals surface area contributed by atoms with Crippen LogP contribution in [0.3, 0.4) is 0 Å².